The van der Waals surface area contributed by atoms with Gasteiger partial charge in [-0.2, -0.15) is 5.10 Å². The largest absolute Gasteiger partial charge is 0.286 e. The first kappa shape index (κ1) is 22.3. The van der Waals surface area contributed by atoms with Gasteiger partial charge in [0, 0.05) is 17.3 Å². The average Bonchev–Trinajstić information content (AvgIpc) is 3.41. The van der Waals surface area contributed by atoms with E-state index in [1.807, 2.05) is 79.9 Å². The predicted molar refractivity (Wildman–Crippen MR) is 139 cm³/mol. The standard InChI is InChI=1S/C27H20FN3OS2/c1-18(19-8-4-2-5-9-19)31-26(32)24(34-27(31)33)16-21-17-30(23-10-6-3-7-11-23)29-25(21)20-12-14-22(28)15-13-20/h2-18H,1H3/b24-16-. The van der Waals surface area contributed by atoms with Crippen molar-refractivity contribution >= 4 is 40.3 Å². The molecule has 0 bridgehead atoms. The number of amides is 1. The van der Waals surface area contributed by atoms with Gasteiger partial charge in [-0.05, 0) is 55.0 Å². The summed E-state index contributed by atoms with van der Waals surface area (Å²) in [6, 6.07) is 25.5. The Morgan fingerprint density at radius 2 is 1.62 bits per heavy atom. The second-order valence-corrected chi connectivity index (χ2v) is 9.53. The summed E-state index contributed by atoms with van der Waals surface area (Å²) >= 11 is 6.86. The van der Waals surface area contributed by atoms with Crippen LogP contribution in [0.1, 0.15) is 24.1 Å². The van der Waals surface area contributed by atoms with Gasteiger partial charge < -0.3 is 0 Å². The van der Waals surface area contributed by atoms with Crippen LogP contribution in [0.3, 0.4) is 0 Å². The molecule has 0 saturated carbocycles. The van der Waals surface area contributed by atoms with Crippen LogP contribution in [0.15, 0.2) is 96.0 Å². The van der Waals surface area contributed by atoms with Crippen molar-refractivity contribution in [2.24, 2.45) is 0 Å². The third kappa shape index (κ3) is 4.32. The number of nitrogens with zero attached hydrogens (tertiary/aromatic N) is 3. The van der Waals surface area contributed by atoms with Crippen molar-refractivity contribution in [2.75, 3.05) is 0 Å². The van der Waals surface area contributed by atoms with Crippen molar-refractivity contribution in [3.63, 3.8) is 0 Å². The molecule has 0 aliphatic carbocycles. The molecule has 168 valence electrons. The first-order valence-electron chi connectivity index (χ1n) is 10.7. The fourth-order valence-electron chi connectivity index (χ4n) is 3.87. The molecule has 1 fully saturated rings. The number of hydrogen-bond acceptors (Lipinski definition) is 4. The predicted octanol–water partition coefficient (Wildman–Crippen LogP) is 6.64. The van der Waals surface area contributed by atoms with Gasteiger partial charge in [-0.3, -0.25) is 9.69 Å². The first-order chi connectivity index (χ1) is 16.5. The second kappa shape index (κ2) is 9.37. The number of thiocarbonyl (C=S) groups is 1. The number of benzene rings is 3. The van der Waals surface area contributed by atoms with Gasteiger partial charge in [-0.1, -0.05) is 72.5 Å². The highest BCUT2D eigenvalue weighted by molar-refractivity contribution is 8.26. The second-order valence-electron chi connectivity index (χ2n) is 7.86. The number of thioether (sulfide) groups is 1. The van der Waals surface area contributed by atoms with Crippen molar-refractivity contribution in [3.8, 4) is 16.9 Å². The molecule has 1 aliphatic heterocycles. The van der Waals surface area contributed by atoms with Crippen LogP contribution in [-0.4, -0.2) is 24.9 Å². The summed E-state index contributed by atoms with van der Waals surface area (Å²) in [5.74, 6) is -0.451. The molecule has 3 aromatic carbocycles. The van der Waals surface area contributed by atoms with Crippen molar-refractivity contribution in [1.82, 2.24) is 14.7 Å². The third-order valence-electron chi connectivity index (χ3n) is 5.66. The molecule has 1 unspecified atom stereocenters. The lowest BCUT2D eigenvalue weighted by molar-refractivity contribution is -0.123. The number of halogens is 1. The van der Waals surface area contributed by atoms with E-state index in [0.29, 0.717) is 14.9 Å². The van der Waals surface area contributed by atoms with Crippen LogP contribution in [0.25, 0.3) is 23.0 Å². The van der Waals surface area contributed by atoms with E-state index in [0.717, 1.165) is 22.4 Å². The Labute approximate surface area is 206 Å². The zero-order valence-electron chi connectivity index (χ0n) is 18.3. The molecule has 1 aliphatic rings. The van der Waals surface area contributed by atoms with Crippen LogP contribution < -0.4 is 0 Å². The number of aromatic nitrogens is 2. The van der Waals surface area contributed by atoms with E-state index in [4.69, 9.17) is 17.3 Å². The molecule has 1 saturated heterocycles. The Bertz CT molecular complexity index is 1380. The minimum absolute atomic E-state index is 0.135. The maximum Gasteiger partial charge on any atom is 0.266 e. The van der Waals surface area contributed by atoms with Crippen LogP contribution in [0.5, 0.6) is 0 Å². The molecule has 4 aromatic rings. The third-order valence-corrected chi connectivity index (χ3v) is 6.99. The fraction of sp³-hybridized carbons (Fsp3) is 0.0741. The highest BCUT2D eigenvalue weighted by Crippen LogP contribution is 2.39. The van der Waals surface area contributed by atoms with Crippen molar-refractivity contribution in [1.29, 1.82) is 0 Å². The van der Waals surface area contributed by atoms with E-state index in [2.05, 4.69) is 0 Å². The number of carbonyl (C=O) groups excluding carboxylic acids is 1. The zero-order valence-corrected chi connectivity index (χ0v) is 19.9. The molecule has 34 heavy (non-hydrogen) atoms. The molecule has 1 amide bonds. The molecular weight excluding hydrogens is 465 g/mol. The van der Waals surface area contributed by atoms with Gasteiger partial charge in [0.2, 0.25) is 0 Å². The van der Waals surface area contributed by atoms with Crippen molar-refractivity contribution in [3.05, 3.63) is 113 Å². The van der Waals surface area contributed by atoms with Crippen molar-refractivity contribution < 1.29 is 9.18 Å². The summed E-state index contributed by atoms with van der Waals surface area (Å²) in [6.45, 7) is 1.97. The molecule has 2 heterocycles. The minimum Gasteiger partial charge on any atom is -0.286 e. The summed E-state index contributed by atoms with van der Waals surface area (Å²) in [5, 5.41) is 4.75. The van der Waals surface area contributed by atoms with E-state index in [1.165, 1.54) is 23.9 Å². The van der Waals surface area contributed by atoms with Gasteiger partial charge in [0.25, 0.3) is 5.91 Å². The topological polar surface area (TPSA) is 38.1 Å². The molecule has 7 heteroatoms. The first-order valence-corrected chi connectivity index (χ1v) is 12.0. The summed E-state index contributed by atoms with van der Waals surface area (Å²) in [6.07, 6.45) is 3.70. The molecule has 5 rings (SSSR count). The average molecular weight is 486 g/mol. The summed E-state index contributed by atoms with van der Waals surface area (Å²) < 4.78 is 15.8. The lowest BCUT2D eigenvalue weighted by Crippen LogP contribution is -2.30. The van der Waals surface area contributed by atoms with E-state index in [1.54, 1.807) is 21.7 Å². The van der Waals surface area contributed by atoms with Gasteiger partial charge in [0.15, 0.2) is 0 Å². The maximum absolute atomic E-state index is 13.5. The van der Waals surface area contributed by atoms with Gasteiger partial charge in [-0.15, -0.1) is 0 Å². The molecule has 1 aromatic heterocycles. The molecule has 0 spiro atoms. The molecule has 0 radical (unpaired) electrons. The van der Waals surface area contributed by atoms with E-state index < -0.39 is 0 Å². The lowest BCUT2D eigenvalue weighted by Gasteiger charge is -2.23. The Kier molecular flexibility index (Phi) is 6.13. The number of rotatable bonds is 5. The number of hydrogen-bond donors (Lipinski definition) is 0. The van der Waals surface area contributed by atoms with Gasteiger partial charge >= 0.3 is 0 Å². The maximum atomic E-state index is 13.5. The zero-order chi connectivity index (χ0) is 23.7. The lowest BCUT2D eigenvalue weighted by atomic mass is 10.1. The van der Waals surface area contributed by atoms with E-state index in [-0.39, 0.29) is 17.8 Å². The smallest absolute Gasteiger partial charge is 0.266 e. The highest BCUT2D eigenvalue weighted by atomic mass is 32.2. The van der Waals surface area contributed by atoms with Crippen LogP contribution in [0, 0.1) is 5.82 Å². The molecular formula is C27H20FN3OS2. The summed E-state index contributed by atoms with van der Waals surface area (Å²) in [7, 11) is 0. The van der Waals surface area contributed by atoms with Crippen LogP contribution in [0.4, 0.5) is 4.39 Å². The Morgan fingerprint density at radius 3 is 2.29 bits per heavy atom. The van der Waals surface area contributed by atoms with E-state index in [9.17, 15) is 9.18 Å². The molecule has 0 N–H and O–H groups in total. The molecule has 1 atom stereocenters. The monoisotopic (exact) mass is 485 g/mol. The van der Waals surface area contributed by atoms with Crippen molar-refractivity contribution in [2.45, 2.75) is 13.0 Å². The Hall–Kier alpha value is -3.55. The SMILES string of the molecule is CC(c1ccccc1)N1C(=O)/C(=C/c2cn(-c3ccccc3)nc2-c2ccc(F)cc2)SC1=S. The van der Waals surface area contributed by atoms with Gasteiger partial charge in [-0.25, -0.2) is 9.07 Å². The normalized spacial score (nSPS) is 15.8. The van der Waals surface area contributed by atoms with E-state index >= 15 is 0 Å². The molecule has 4 nitrogen and oxygen atoms in total. The van der Waals surface area contributed by atoms with Crippen LogP contribution >= 0.6 is 24.0 Å². The minimum atomic E-state index is -0.316. The summed E-state index contributed by atoms with van der Waals surface area (Å²) in [5.41, 5.74) is 4.07. The quantitative estimate of drug-likeness (QED) is 0.235. The highest BCUT2D eigenvalue weighted by Gasteiger charge is 2.36. The fourth-order valence-corrected chi connectivity index (χ4v) is 5.28. The summed E-state index contributed by atoms with van der Waals surface area (Å²) in [4.78, 5) is 15.6. The van der Waals surface area contributed by atoms with Gasteiger partial charge in [0.1, 0.15) is 10.1 Å². The van der Waals surface area contributed by atoms with Crippen LogP contribution in [0.2, 0.25) is 0 Å². The number of para-hydroxylation sites is 1. The van der Waals surface area contributed by atoms with Gasteiger partial charge in [0.05, 0.1) is 22.3 Å². The Morgan fingerprint density at radius 1 is 0.971 bits per heavy atom. The van der Waals surface area contributed by atoms with Crippen LogP contribution in [-0.2, 0) is 4.79 Å². The number of carbonyl (C=O) groups is 1. The Balaban J connectivity index is 1.54.